The third-order valence-electron chi connectivity index (χ3n) is 4.77. The number of ether oxygens (including phenoxy) is 1. The number of nitrogens with one attached hydrogen (secondary N) is 3. The molecular weight excluding hydrogens is 346 g/mol. The van der Waals surface area contributed by atoms with Crippen molar-refractivity contribution in [1.29, 1.82) is 0 Å². The molecule has 1 aromatic heterocycles. The summed E-state index contributed by atoms with van der Waals surface area (Å²) in [4.78, 5) is 24.6. The van der Waals surface area contributed by atoms with Crippen LogP contribution in [-0.2, 0) is 11.8 Å². The van der Waals surface area contributed by atoms with Gasteiger partial charge in [-0.1, -0.05) is 0 Å². The zero-order valence-electron chi connectivity index (χ0n) is 15.6. The lowest BCUT2D eigenvalue weighted by Crippen LogP contribution is -2.39. The first-order valence-corrected chi connectivity index (χ1v) is 8.97. The SMILES string of the molecule is COc1ccc(C(=O)NCCNC(=O)[C@H]2CNC[C@@H]2c2cnn(C)c2)cc1. The van der Waals surface area contributed by atoms with Crippen molar-refractivity contribution in [2.75, 3.05) is 33.3 Å². The first kappa shape index (κ1) is 18.9. The van der Waals surface area contributed by atoms with Gasteiger partial charge in [-0.25, -0.2) is 0 Å². The predicted octanol–water partition coefficient (Wildman–Crippen LogP) is 0.278. The highest BCUT2D eigenvalue weighted by molar-refractivity contribution is 5.94. The van der Waals surface area contributed by atoms with Crippen LogP contribution in [0.25, 0.3) is 0 Å². The van der Waals surface area contributed by atoms with Gasteiger partial charge in [-0.3, -0.25) is 14.3 Å². The molecule has 0 radical (unpaired) electrons. The molecule has 1 aliphatic rings. The minimum absolute atomic E-state index is 0.00690. The molecule has 2 amide bonds. The molecule has 0 saturated carbocycles. The molecule has 27 heavy (non-hydrogen) atoms. The summed E-state index contributed by atoms with van der Waals surface area (Å²) >= 11 is 0. The van der Waals surface area contributed by atoms with Crippen molar-refractivity contribution in [2.45, 2.75) is 5.92 Å². The molecule has 3 N–H and O–H groups in total. The quantitative estimate of drug-likeness (QED) is 0.608. The largest absolute Gasteiger partial charge is 0.497 e. The number of aryl methyl sites for hydroxylation is 1. The summed E-state index contributed by atoms with van der Waals surface area (Å²) in [5.41, 5.74) is 1.62. The molecule has 2 heterocycles. The fraction of sp³-hybridized carbons (Fsp3) is 0.421. The Morgan fingerprint density at radius 1 is 1.22 bits per heavy atom. The predicted molar refractivity (Wildman–Crippen MR) is 101 cm³/mol. The minimum Gasteiger partial charge on any atom is -0.497 e. The van der Waals surface area contributed by atoms with E-state index in [0.717, 1.165) is 12.1 Å². The number of carbonyl (C=O) groups excluding carboxylic acids is 2. The average molecular weight is 371 g/mol. The van der Waals surface area contributed by atoms with Gasteiger partial charge in [0.1, 0.15) is 5.75 Å². The van der Waals surface area contributed by atoms with Crippen molar-refractivity contribution in [3.8, 4) is 5.75 Å². The van der Waals surface area contributed by atoms with Gasteiger partial charge in [-0.05, 0) is 29.8 Å². The van der Waals surface area contributed by atoms with Gasteiger partial charge in [0.25, 0.3) is 5.91 Å². The maximum Gasteiger partial charge on any atom is 0.251 e. The van der Waals surface area contributed by atoms with Crippen LogP contribution in [0, 0.1) is 5.92 Å². The summed E-state index contributed by atoms with van der Waals surface area (Å²) in [5.74, 6) is 0.501. The second kappa shape index (κ2) is 8.68. The van der Waals surface area contributed by atoms with Crippen LogP contribution in [0.3, 0.4) is 0 Å². The van der Waals surface area contributed by atoms with E-state index in [1.807, 2.05) is 19.4 Å². The van der Waals surface area contributed by atoms with Crippen LogP contribution in [0.5, 0.6) is 5.75 Å². The molecule has 3 rings (SSSR count). The monoisotopic (exact) mass is 371 g/mol. The van der Waals surface area contributed by atoms with E-state index in [9.17, 15) is 9.59 Å². The summed E-state index contributed by atoms with van der Waals surface area (Å²) in [6, 6.07) is 6.88. The van der Waals surface area contributed by atoms with Gasteiger partial charge in [0.2, 0.25) is 5.91 Å². The van der Waals surface area contributed by atoms with Gasteiger partial charge in [-0.2, -0.15) is 5.10 Å². The zero-order valence-corrected chi connectivity index (χ0v) is 15.6. The number of hydrogen-bond donors (Lipinski definition) is 3. The lowest BCUT2D eigenvalue weighted by molar-refractivity contribution is -0.124. The van der Waals surface area contributed by atoms with Crippen LogP contribution in [0.15, 0.2) is 36.7 Å². The fourth-order valence-electron chi connectivity index (χ4n) is 3.27. The molecule has 8 nitrogen and oxygen atoms in total. The zero-order chi connectivity index (χ0) is 19.2. The molecule has 0 spiro atoms. The summed E-state index contributed by atoms with van der Waals surface area (Å²) in [5, 5.41) is 13.2. The fourth-order valence-corrected chi connectivity index (χ4v) is 3.27. The number of rotatable bonds is 7. The van der Waals surface area contributed by atoms with Crippen LogP contribution in [0.1, 0.15) is 21.8 Å². The molecule has 144 valence electrons. The van der Waals surface area contributed by atoms with Gasteiger partial charge in [0.15, 0.2) is 0 Å². The Labute approximate surface area is 158 Å². The van der Waals surface area contributed by atoms with E-state index in [4.69, 9.17) is 4.74 Å². The number of nitrogens with zero attached hydrogens (tertiary/aromatic N) is 2. The number of amides is 2. The third-order valence-corrected chi connectivity index (χ3v) is 4.77. The number of methoxy groups -OCH3 is 1. The van der Waals surface area contributed by atoms with Crippen molar-refractivity contribution in [3.05, 3.63) is 47.8 Å². The highest BCUT2D eigenvalue weighted by Crippen LogP contribution is 2.27. The molecule has 1 aliphatic heterocycles. The van der Waals surface area contributed by atoms with E-state index in [-0.39, 0.29) is 23.7 Å². The number of carbonyl (C=O) groups is 2. The molecule has 1 fully saturated rings. The van der Waals surface area contributed by atoms with Gasteiger partial charge in [-0.15, -0.1) is 0 Å². The molecule has 0 bridgehead atoms. The Hall–Kier alpha value is -2.87. The molecule has 0 aliphatic carbocycles. The van der Waals surface area contributed by atoms with E-state index >= 15 is 0 Å². The maximum absolute atomic E-state index is 12.5. The van der Waals surface area contributed by atoms with Crippen molar-refractivity contribution < 1.29 is 14.3 Å². The molecular formula is C19H25N5O3. The topological polar surface area (TPSA) is 97.3 Å². The highest BCUT2D eigenvalue weighted by Gasteiger charge is 2.34. The lowest BCUT2D eigenvalue weighted by Gasteiger charge is -2.17. The van der Waals surface area contributed by atoms with Gasteiger partial charge >= 0.3 is 0 Å². The maximum atomic E-state index is 12.5. The van der Waals surface area contributed by atoms with Gasteiger partial charge in [0.05, 0.1) is 19.2 Å². The summed E-state index contributed by atoms with van der Waals surface area (Å²) < 4.78 is 6.82. The van der Waals surface area contributed by atoms with E-state index in [2.05, 4.69) is 21.0 Å². The van der Waals surface area contributed by atoms with Crippen molar-refractivity contribution >= 4 is 11.8 Å². The molecule has 1 aromatic carbocycles. The van der Waals surface area contributed by atoms with Crippen molar-refractivity contribution in [3.63, 3.8) is 0 Å². The molecule has 8 heteroatoms. The molecule has 2 atom stereocenters. The van der Waals surface area contributed by atoms with Crippen LogP contribution in [0.4, 0.5) is 0 Å². The molecule has 1 saturated heterocycles. The number of hydrogen-bond acceptors (Lipinski definition) is 5. The Bertz CT molecular complexity index is 787. The Kier molecular flexibility index (Phi) is 6.08. The Balaban J connectivity index is 1.44. The standard InChI is InChI=1S/C19H25N5O3/c1-24-12-14(9-23-24)16-10-20-11-17(16)19(26)22-8-7-21-18(25)13-3-5-15(27-2)6-4-13/h3-6,9,12,16-17,20H,7-8,10-11H2,1-2H3,(H,21,25)(H,22,26)/t16-,17+/m1/s1. The summed E-state index contributed by atoms with van der Waals surface area (Å²) in [6.07, 6.45) is 3.76. The first-order chi connectivity index (χ1) is 13.1. The van der Waals surface area contributed by atoms with Crippen molar-refractivity contribution in [1.82, 2.24) is 25.7 Å². The molecule has 2 aromatic rings. The van der Waals surface area contributed by atoms with E-state index in [1.54, 1.807) is 36.1 Å². The van der Waals surface area contributed by atoms with Gasteiger partial charge < -0.3 is 20.7 Å². The minimum atomic E-state index is -0.178. The van der Waals surface area contributed by atoms with E-state index in [0.29, 0.717) is 30.9 Å². The third kappa shape index (κ3) is 4.65. The second-order valence-corrected chi connectivity index (χ2v) is 6.59. The number of aromatic nitrogens is 2. The lowest BCUT2D eigenvalue weighted by atomic mass is 9.90. The Morgan fingerprint density at radius 2 is 1.96 bits per heavy atom. The molecule has 0 unspecified atom stereocenters. The highest BCUT2D eigenvalue weighted by atomic mass is 16.5. The summed E-state index contributed by atoms with van der Waals surface area (Å²) in [7, 11) is 3.45. The van der Waals surface area contributed by atoms with Crippen molar-refractivity contribution in [2.24, 2.45) is 13.0 Å². The van der Waals surface area contributed by atoms with Gasteiger partial charge in [0, 0.05) is 50.9 Å². The van der Waals surface area contributed by atoms with Crippen LogP contribution >= 0.6 is 0 Å². The number of benzene rings is 1. The summed E-state index contributed by atoms with van der Waals surface area (Å²) in [6.45, 7) is 2.16. The average Bonchev–Trinajstić information content (AvgIpc) is 3.33. The smallest absolute Gasteiger partial charge is 0.251 e. The van der Waals surface area contributed by atoms with Crippen LogP contribution < -0.4 is 20.7 Å². The Morgan fingerprint density at radius 3 is 2.63 bits per heavy atom. The first-order valence-electron chi connectivity index (χ1n) is 8.97. The van der Waals surface area contributed by atoms with E-state index < -0.39 is 0 Å². The normalized spacial score (nSPS) is 18.9. The van der Waals surface area contributed by atoms with Crippen LogP contribution in [0.2, 0.25) is 0 Å². The second-order valence-electron chi connectivity index (χ2n) is 6.59. The van der Waals surface area contributed by atoms with Crippen LogP contribution in [-0.4, -0.2) is 54.9 Å². The van der Waals surface area contributed by atoms with E-state index in [1.165, 1.54) is 0 Å².